The Morgan fingerprint density at radius 3 is 2.87 bits per heavy atom. The highest BCUT2D eigenvalue weighted by atomic mass is 79.9. The largest absolute Gasteiger partial charge is 0.358 e. The summed E-state index contributed by atoms with van der Waals surface area (Å²) in [6.45, 7) is 4.70. The molecule has 0 unspecified atom stereocenters. The summed E-state index contributed by atoms with van der Waals surface area (Å²) in [7, 11) is 0. The highest BCUT2D eigenvalue weighted by Crippen LogP contribution is 2.35. The number of unbranched alkanes of at least 4 members (excludes halogenated alkanes) is 1. The molecule has 0 fully saturated rings. The van der Waals surface area contributed by atoms with Crippen LogP contribution in [0.4, 0.5) is 5.69 Å². The first-order valence-electron chi connectivity index (χ1n) is 9.95. The van der Waals surface area contributed by atoms with Crippen LogP contribution >= 0.6 is 15.9 Å². The molecule has 0 radical (unpaired) electrons. The third-order valence-corrected chi connectivity index (χ3v) is 5.93. The standard InChI is InChI=1S/C23H23BrN4O2/c1-14-20(12-18-17-11-16(24)6-7-19(17)27-23(18)30)26-15(2)22(14)21(29)5-3-4-9-28-10-8-25-13-28/h6-8,10-13,26H,3-5,9H2,1-2H3,(H,27,30)/b18-12-. The number of imidazole rings is 1. The van der Waals surface area contributed by atoms with Crippen LogP contribution in [0.2, 0.25) is 0 Å². The molecule has 1 amide bonds. The van der Waals surface area contributed by atoms with Crippen molar-refractivity contribution in [3.8, 4) is 0 Å². The zero-order valence-electron chi connectivity index (χ0n) is 17.0. The number of aryl methyl sites for hydroxylation is 2. The first-order chi connectivity index (χ1) is 14.4. The number of hydrogen-bond acceptors (Lipinski definition) is 3. The lowest BCUT2D eigenvalue weighted by Gasteiger charge is -2.04. The average Bonchev–Trinajstić information content (AvgIpc) is 3.39. The molecule has 4 rings (SSSR count). The monoisotopic (exact) mass is 466 g/mol. The van der Waals surface area contributed by atoms with E-state index in [0.29, 0.717) is 12.0 Å². The summed E-state index contributed by atoms with van der Waals surface area (Å²) >= 11 is 3.47. The quantitative estimate of drug-likeness (QED) is 0.287. The van der Waals surface area contributed by atoms with Crippen molar-refractivity contribution in [1.82, 2.24) is 14.5 Å². The lowest BCUT2D eigenvalue weighted by Crippen LogP contribution is -2.04. The van der Waals surface area contributed by atoms with Gasteiger partial charge in [-0.05, 0) is 56.5 Å². The lowest BCUT2D eigenvalue weighted by molar-refractivity contribution is -0.110. The smallest absolute Gasteiger partial charge is 0.256 e. The second-order valence-electron chi connectivity index (χ2n) is 7.55. The van der Waals surface area contributed by atoms with E-state index in [2.05, 4.69) is 31.2 Å². The molecule has 30 heavy (non-hydrogen) atoms. The second-order valence-corrected chi connectivity index (χ2v) is 8.46. The molecule has 2 N–H and O–H groups in total. The number of amides is 1. The van der Waals surface area contributed by atoms with E-state index in [4.69, 9.17) is 0 Å². The Labute approximate surface area is 183 Å². The number of aromatic amines is 1. The highest BCUT2D eigenvalue weighted by molar-refractivity contribution is 9.10. The zero-order valence-corrected chi connectivity index (χ0v) is 18.5. The fourth-order valence-corrected chi connectivity index (χ4v) is 4.27. The van der Waals surface area contributed by atoms with Crippen LogP contribution < -0.4 is 5.32 Å². The molecule has 0 saturated heterocycles. The molecule has 6 nitrogen and oxygen atoms in total. The molecule has 2 aromatic heterocycles. The van der Waals surface area contributed by atoms with Crippen LogP contribution in [-0.4, -0.2) is 26.2 Å². The molecule has 0 atom stereocenters. The molecule has 7 heteroatoms. The van der Waals surface area contributed by atoms with Crippen LogP contribution in [0, 0.1) is 13.8 Å². The number of carbonyl (C=O) groups is 2. The molecule has 0 spiro atoms. The van der Waals surface area contributed by atoms with Gasteiger partial charge in [-0.25, -0.2) is 4.98 Å². The number of halogens is 1. The van der Waals surface area contributed by atoms with E-state index in [9.17, 15) is 9.59 Å². The van der Waals surface area contributed by atoms with E-state index in [-0.39, 0.29) is 11.7 Å². The van der Waals surface area contributed by atoms with Crippen molar-refractivity contribution in [2.75, 3.05) is 5.32 Å². The van der Waals surface area contributed by atoms with Crippen LogP contribution in [0.1, 0.15) is 52.1 Å². The Hall–Kier alpha value is -2.93. The number of nitrogens with zero attached hydrogens (tertiary/aromatic N) is 2. The highest BCUT2D eigenvalue weighted by Gasteiger charge is 2.25. The van der Waals surface area contributed by atoms with Crippen molar-refractivity contribution >= 4 is 45.0 Å². The summed E-state index contributed by atoms with van der Waals surface area (Å²) in [5.41, 5.74) is 5.50. The maximum absolute atomic E-state index is 12.9. The van der Waals surface area contributed by atoms with Gasteiger partial charge in [-0.15, -0.1) is 0 Å². The van der Waals surface area contributed by atoms with E-state index in [1.807, 2.05) is 48.9 Å². The van der Waals surface area contributed by atoms with Crippen molar-refractivity contribution in [3.63, 3.8) is 0 Å². The van der Waals surface area contributed by atoms with Gasteiger partial charge in [0, 0.05) is 58.0 Å². The summed E-state index contributed by atoms with van der Waals surface area (Å²) in [5, 5.41) is 2.89. The maximum Gasteiger partial charge on any atom is 0.256 e. The number of ketones is 1. The minimum atomic E-state index is -0.137. The maximum atomic E-state index is 12.9. The molecule has 3 aromatic rings. The van der Waals surface area contributed by atoms with Gasteiger partial charge in [0.2, 0.25) is 0 Å². The number of nitrogens with one attached hydrogen (secondary N) is 2. The minimum Gasteiger partial charge on any atom is -0.358 e. The topological polar surface area (TPSA) is 79.8 Å². The third-order valence-electron chi connectivity index (χ3n) is 5.44. The molecule has 0 aliphatic carbocycles. The van der Waals surface area contributed by atoms with Crippen LogP contribution in [0.5, 0.6) is 0 Å². The van der Waals surface area contributed by atoms with Crippen molar-refractivity contribution in [2.45, 2.75) is 39.7 Å². The summed E-state index contributed by atoms with van der Waals surface area (Å²) in [5.74, 6) is -0.00215. The zero-order chi connectivity index (χ0) is 21.3. The molecule has 1 aliphatic rings. The molecule has 154 valence electrons. The van der Waals surface area contributed by atoms with Gasteiger partial charge in [0.15, 0.2) is 5.78 Å². The Balaban J connectivity index is 1.51. The molecule has 0 bridgehead atoms. The SMILES string of the molecule is Cc1[nH]c(/C=C2\C(=O)Nc3ccc(Br)cc32)c(C)c1C(=O)CCCCn1ccnc1. The van der Waals surface area contributed by atoms with Gasteiger partial charge < -0.3 is 14.9 Å². The second kappa shape index (κ2) is 8.44. The minimum absolute atomic E-state index is 0.135. The van der Waals surface area contributed by atoms with E-state index >= 15 is 0 Å². The first-order valence-corrected chi connectivity index (χ1v) is 10.7. The summed E-state index contributed by atoms with van der Waals surface area (Å²) in [6.07, 6.45) is 9.56. The van der Waals surface area contributed by atoms with Crippen molar-refractivity contribution in [2.24, 2.45) is 0 Å². The summed E-state index contributed by atoms with van der Waals surface area (Å²) in [4.78, 5) is 32.7. The number of fused-ring (bicyclic) bond motifs is 1. The van der Waals surface area contributed by atoms with Crippen molar-refractivity contribution < 1.29 is 9.59 Å². The average molecular weight is 467 g/mol. The van der Waals surface area contributed by atoms with Crippen LogP contribution in [-0.2, 0) is 11.3 Å². The number of carbonyl (C=O) groups excluding carboxylic acids is 2. The Morgan fingerprint density at radius 2 is 2.10 bits per heavy atom. The number of benzene rings is 1. The van der Waals surface area contributed by atoms with E-state index in [0.717, 1.165) is 57.6 Å². The van der Waals surface area contributed by atoms with Crippen LogP contribution in [0.15, 0.2) is 41.4 Å². The Bertz CT molecular complexity index is 1140. The van der Waals surface area contributed by atoms with Crippen molar-refractivity contribution in [3.05, 3.63) is 69.5 Å². The number of Topliss-reactive ketones (excluding diaryl/α,β-unsaturated/α-hetero) is 1. The van der Waals surface area contributed by atoms with Crippen molar-refractivity contribution in [1.29, 1.82) is 0 Å². The summed E-state index contributed by atoms with van der Waals surface area (Å²) < 4.78 is 2.93. The van der Waals surface area contributed by atoms with Gasteiger partial charge in [0.1, 0.15) is 0 Å². The lowest BCUT2D eigenvalue weighted by atomic mass is 10.00. The normalized spacial score (nSPS) is 14.2. The molecule has 3 heterocycles. The Kier molecular flexibility index (Phi) is 5.72. The third kappa shape index (κ3) is 4.03. The van der Waals surface area contributed by atoms with Gasteiger partial charge in [-0.1, -0.05) is 15.9 Å². The number of anilines is 1. The van der Waals surface area contributed by atoms with E-state index in [1.54, 1.807) is 12.5 Å². The number of H-pyrrole nitrogens is 1. The summed E-state index contributed by atoms with van der Waals surface area (Å²) in [6, 6.07) is 5.70. The van der Waals surface area contributed by atoms with Gasteiger partial charge in [-0.3, -0.25) is 9.59 Å². The number of rotatable bonds is 7. The predicted molar refractivity (Wildman–Crippen MR) is 121 cm³/mol. The number of aromatic nitrogens is 3. The Morgan fingerprint density at radius 1 is 1.27 bits per heavy atom. The van der Waals surface area contributed by atoms with Gasteiger partial charge in [0.25, 0.3) is 5.91 Å². The fraction of sp³-hybridized carbons (Fsp3) is 0.261. The van der Waals surface area contributed by atoms with Crippen LogP contribution in [0.25, 0.3) is 11.6 Å². The van der Waals surface area contributed by atoms with Crippen LogP contribution in [0.3, 0.4) is 0 Å². The molecule has 1 aliphatic heterocycles. The molecular formula is C23H23BrN4O2. The van der Waals surface area contributed by atoms with Gasteiger partial charge >= 0.3 is 0 Å². The molecule has 1 aromatic carbocycles. The van der Waals surface area contributed by atoms with E-state index in [1.165, 1.54) is 0 Å². The molecular weight excluding hydrogens is 444 g/mol. The van der Waals surface area contributed by atoms with E-state index < -0.39 is 0 Å². The molecule has 0 saturated carbocycles. The number of hydrogen-bond donors (Lipinski definition) is 2. The predicted octanol–water partition coefficient (Wildman–Crippen LogP) is 5.14. The van der Waals surface area contributed by atoms with Gasteiger partial charge in [-0.2, -0.15) is 0 Å². The first kappa shape index (κ1) is 20.3. The van der Waals surface area contributed by atoms with Gasteiger partial charge in [0.05, 0.1) is 11.9 Å². The fourth-order valence-electron chi connectivity index (χ4n) is 3.91.